The third kappa shape index (κ3) is 4.68. The zero-order valence-electron chi connectivity index (χ0n) is 18.7. The Morgan fingerprint density at radius 2 is 1.64 bits per heavy atom. The van der Waals surface area contributed by atoms with Crippen molar-refractivity contribution in [3.63, 3.8) is 0 Å². The molecule has 4 aromatic rings. The van der Waals surface area contributed by atoms with Gasteiger partial charge in [0.05, 0.1) is 21.7 Å². The molecule has 0 N–H and O–H groups in total. The molecule has 4 rings (SSSR count). The fourth-order valence-corrected chi connectivity index (χ4v) is 5.44. The predicted molar refractivity (Wildman–Crippen MR) is 133 cm³/mol. The number of carbonyl (C=O) groups is 1. The molecule has 0 aliphatic heterocycles. The number of amides is 1. The van der Waals surface area contributed by atoms with Crippen molar-refractivity contribution in [2.24, 2.45) is 0 Å². The van der Waals surface area contributed by atoms with Crippen molar-refractivity contribution in [1.82, 2.24) is 9.29 Å². The number of thiazole rings is 1. The Hall–Kier alpha value is -3.07. The van der Waals surface area contributed by atoms with Crippen molar-refractivity contribution in [2.75, 3.05) is 19.0 Å². The largest absolute Gasteiger partial charge is 0.279 e. The molecule has 0 saturated carbocycles. The van der Waals surface area contributed by atoms with Crippen LogP contribution in [-0.2, 0) is 23.0 Å². The molecule has 0 fully saturated rings. The van der Waals surface area contributed by atoms with Crippen molar-refractivity contribution >= 4 is 42.6 Å². The fourth-order valence-electron chi connectivity index (χ4n) is 3.52. The number of nitrogens with zero attached hydrogens (tertiary/aromatic N) is 3. The number of anilines is 1. The second-order valence-electron chi connectivity index (χ2n) is 7.80. The Balaban J connectivity index is 1.74. The molecule has 0 unspecified atom stereocenters. The van der Waals surface area contributed by atoms with Crippen LogP contribution >= 0.6 is 11.3 Å². The first-order valence-corrected chi connectivity index (χ1v) is 12.8. The van der Waals surface area contributed by atoms with Gasteiger partial charge in [-0.2, -0.15) is 0 Å². The highest BCUT2D eigenvalue weighted by atomic mass is 32.2. The van der Waals surface area contributed by atoms with Crippen molar-refractivity contribution in [2.45, 2.75) is 24.8 Å². The van der Waals surface area contributed by atoms with Crippen LogP contribution in [0.25, 0.3) is 10.2 Å². The molecule has 6 nitrogen and oxygen atoms in total. The van der Waals surface area contributed by atoms with Gasteiger partial charge in [0.1, 0.15) is 0 Å². The monoisotopic (exact) mass is 479 g/mol. The van der Waals surface area contributed by atoms with Gasteiger partial charge in [-0.15, -0.1) is 0 Å². The quantitative estimate of drug-likeness (QED) is 0.376. The second kappa shape index (κ2) is 9.43. The van der Waals surface area contributed by atoms with Gasteiger partial charge in [0, 0.05) is 19.7 Å². The second-order valence-corrected chi connectivity index (χ2v) is 11.0. The average molecular weight is 480 g/mol. The van der Waals surface area contributed by atoms with Crippen LogP contribution in [0.15, 0.2) is 77.7 Å². The Morgan fingerprint density at radius 1 is 0.939 bits per heavy atom. The number of hydrogen-bond acceptors (Lipinski definition) is 5. The van der Waals surface area contributed by atoms with Crippen LogP contribution in [0.5, 0.6) is 0 Å². The minimum Gasteiger partial charge on any atom is -0.279 e. The first kappa shape index (κ1) is 23.1. The summed E-state index contributed by atoms with van der Waals surface area (Å²) in [6.45, 7) is 2.45. The van der Waals surface area contributed by atoms with Crippen molar-refractivity contribution in [3.8, 4) is 0 Å². The minimum atomic E-state index is -3.57. The molecular weight excluding hydrogens is 454 g/mol. The molecule has 0 bridgehead atoms. The molecule has 3 aromatic carbocycles. The highest BCUT2D eigenvalue weighted by molar-refractivity contribution is 7.89. The lowest BCUT2D eigenvalue weighted by Crippen LogP contribution is -2.30. The van der Waals surface area contributed by atoms with Crippen molar-refractivity contribution in [1.29, 1.82) is 0 Å². The molecule has 1 heterocycles. The van der Waals surface area contributed by atoms with Crippen LogP contribution in [0.1, 0.15) is 28.4 Å². The number of carbonyl (C=O) groups excluding carboxylic acids is 1. The number of rotatable bonds is 7. The molecule has 0 aliphatic carbocycles. The summed E-state index contributed by atoms with van der Waals surface area (Å²) in [6, 6.07) is 21.9. The van der Waals surface area contributed by atoms with Gasteiger partial charge in [0.2, 0.25) is 10.0 Å². The van der Waals surface area contributed by atoms with Crippen LogP contribution in [0.2, 0.25) is 0 Å². The molecule has 0 atom stereocenters. The molecule has 1 amide bonds. The topological polar surface area (TPSA) is 70.6 Å². The standard InChI is InChI=1S/C25H25N3O3S2/c1-4-19-11-8-12-22-23(19)26-25(32-22)28(17-18-9-6-5-7-10-18)24(29)20-13-15-21(16-14-20)33(30,31)27(2)3/h5-16H,4,17H2,1-3H3. The summed E-state index contributed by atoms with van der Waals surface area (Å²) in [6.07, 6.45) is 0.856. The van der Waals surface area contributed by atoms with Crippen molar-refractivity contribution in [3.05, 3.63) is 89.5 Å². The molecule has 0 spiro atoms. The van der Waals surface area contributed by atoms with Gasteiger partial charge in [0.15, 0.2) is 5.13 Å². The first-order valence-electron chi connectivity index (χ1n) is 10.6. The third-order valence-electron chi connectivity index (χ3n) is 5.41. The van der Waals surface area contributed by atoms with Crippen LogP contribution in [0, 0.1) is 0 Å². The van der Waals surface area contributed by atoms with E-state index in [1.807, 2.05) is 42.5 Å². The van der Waals surface area contributed by atoms with Crippen LogP contribution < -0.4 is 4.90 Å². The third-order valence-corrected chi connectivity index (χ3v) is 8.28. The molecule has 0 radical (unpaired) electrons. The van der Waals surface area contributed by atoms with Gasteiger partial charge in [-0.1, -0.05) is 60.7 Å². The average Bonchev–Trinajstić information content (AvgIpc) is 3.27. The maximum atomic E-state index is 13.6. The van der Waals surface area contributed by atoms with Crippen LogP contribution in [0.3, 0.4) is 0 Å². The fraction of sp³-hybridized carbons (Fsp3) is 0.200. The molecular formula is C25H25N3O3S2. The molecule has 8 heteroatoms. The lowest BCUT2D eigenvalue weighted by atomic mass is 10.1. The van der Waals surface area contributed by atoms with E-state index in [0.717, 1.165) is 32.1 Å². The smallest absolute Gasteiger partial charge is 0.260 e. The number of sulfonamides is 1. The van der Waals surface area contributed by atoms with Crippen molar-refractivity contribution < 1.29 is 13.2 Å². The zero-order valence-corrected chi connectivity index (χ0v) is 20.4. The van der Waals surface area contributed by atoms with Gasteiger partial charge in [-0.25, -0.2) is 17.7 Å². The summed E-state index contributed by atoms with van der Waals surface area (Å²) in [7, 11) is -0.608. The zero-order chi connectivity index (χ0) is 23.6. The van der Waals surface area contributed by atoms with E-state index in [4.69, 9.17) is 4.98 Å². The summed E-state index contributed by atoms with van der Waals surface area (Å²) in [4.78, 5) is 20.2. The number of aryl methyl sites for hydroxylation is 1. The lowest BCUT2D eigenvalue weighted by Gasteiger charge is -2.20. The highest BCUT2D eigenvalue weighted by Crippen LogP contribution is 2.33. The summed E-state index contributed by atoms with van der Waals surface area (Å²) in [5, 5.41) is 0.616. The number of para-hydroxylation sites is 1. The van der Waals surface area contributed by atoms with E-state index in [1.54, 1.807) is 17.0 Å². The number of fused-ring (bicyclic) bond motifs is 1. The minimum absolute atomic E-state index is 0.145. The first-order chi connectivity index (χ1) is 15.8. The Kier molecular flexibility index (Phi) is 6.60. The maximum absolute atomic E-state index is 13.6. The van der Waals surface area contributed by atoms with Gasteiger partial charge in [-0.05, 0) is 47.9 Å². The summed E-state index contributed by atoms with van der Waals surface area (Å²) >= 11 is 1.48. The van der Waals surface area contributed by atoms with E-state index in [1.165, 1.54) is 37.6 Å². The molecule has 1 aromatic heterocycles. The van der Waals surface area contributed by atoms with E-state index in [9.17, 15) is 13.2 Å². The Bertz CT molecular complexity index is 1380. The maximum Gasteiger partial charge on any atom is 0.260 e. The summed E-state index contributed by atoms with van der Waals surface area (Å²) < 4.78 is 27.0. The van der Waals surface area contributed by atoms with Gasteiger partial charge >= 0.3 is 0 Å². The SMILES string of the molecule is CCc1cccc2sc(N(Cc3ccccc3)C(=O)c3ccc(S(=O)(=O)N(C)C)cc3)nc12. The van der Waals surface area contributed by atoms with E-state index in [2.05, 4.69) is 13.0 Å². The van der Waals surface area contributed by atoms with E-state index in [-0.39, 0.29) is 10.8 Å². The summed E-state index contributed by atoms with van der Waals surface area (Å²) in [5.41, 5.74) is 3.44. The van der Waals surface area contributed by atoms with Gasteiger partial charge in [-0.3, -0.25) is 9.69 Å². The molecule has 0 saturated heterocycles. The molecule has 170 valence electrons. The van der Waals surface area contributed by atoms with E-state index < -0.39 is 10.0 Å². The number of hydrogen-bond donors (Lipinski definition) is 0. The van der Waals surface area contributed by atoms with E-state index in [0.29, 0.717) is 17.2 Å². The number of benzene rings is 3. The number of aromatic nitrogens is 1. The van der Waals surface area contributed by atoms with Crippen LogP contribution in [0.4, 0.5) is 5.13 Å². The normalized spacial score (nSPS) is 11.8. The summed E-state index contributed by atoms with van der Waals surface area (Å²) in [5.74, 6) is -0.232. The Labute approximate surface area is 198 Å². The van der Waals surface area contributed by atoms with Crippen LogP contribution in [-0.4, -0.2) is 37.7 Å². The predicted octanol–water partition coefficient (Wildman–Crippen LogP) is 4.96. The lowest BCUT2D eigenvalue weighted by molar-refractivity contribution is 0.0985. The molecule has 0 aliphatic rings. The van der Waals surface area contributed by atoms with Gasteiger partial charge < -0.3 is 0 Å². The van der Waals surface area contributed by atoms with Gasteiger partial charge in [0.25, 0.3) is 5.91 Å². The van der Waals surface area contributed by atoms with E-state index >= 15 is 0 Å². The Morgan fingerprint density at radius 3 is 2.27 bits per heavy atom. The highest BCUT2D eigenvalue weighted by Gasteiger charge is 2.24. The molecule has 33 heavy (non-hydrogen) atoms.